The van der Waals surface area contributed by atoms with Crippen LogP contribution in [0.4, 0.5) is 23.7 Å². The Labute approximate surface area is 182 Å². The second-order valence-electron chi connectivity index (χ2n) is 6.79. The highest BCUT2D eigenvalue weighted by Crippen LogP contribution is 2.30. The van der Waals surface area contributed by atoms with Gasteiger partial charge in [0.25, 0.3) is 5.91 Å². The van der Waals surface area contributed by atoms with Crippen LogP contribution in [0.5, 0.6) is 5.75 Å². The molecule has 1 aliphatic rings. The summed E-state index contributed by atoms with van der Waals surface area (Å²) in [5.74, 6) is -0.0577. The van der Waals surface area contributed by atoms with E-state index in [1.54, 1.807) is 25.1 Å². The van der Waals surface area contributed by atoms with Gasteiger partial charge in [0.15, 0.2) is 0 Å². The van der Waals surface area contributed by atoms with Crippen LogP contribution in [0.1, 0.15) is 28.4 Å². The van der Waals surface area contributed by atoms with Gasteiger partial charge in [-0.15, -0.1) is 0 Å². The first-order valence-corrected chi connectivity index (χ1v) is 10.9. The van der Waals surface area contributed by atoms with Crippen molar-refractivity contribution in [3.63, 3.8) is 0 Å². The average molecular weight is 472 g/mol. The van der Waals surface area contributed by atoms with Gasteiger partial charge >= 0.3 is 21.7 Å². The average Bonchev–Trinajstić information content (AvgIpc) is 2.71. The number of hydrogen-bond acceptors (Lipinski definition) is 6. The van der Waals surface area contributed by atoms with E-state index < -0.39 is 21.7 Å². The monoisotopic (exact) mass is 472 g/mol. The molecule has 1 N–H and O–H groups in total. The molecule has 32 heavy (non-hydrogen) atoms. The fraction of sp³-hybridized carbons (Fsp3) is 0.300. The highest BCUT2D eigenvalue weighted by molar-refractivity contribution is 7.93. The summed E-state index contributed by atoms with van der Waals surface area (Å²) in [5.41, 5.74) is -4.13. The smallest absolute Gasteiger partial charge is 0.434 e. The minimum Gasteiger partial charge on any atom is -0.434 e. The molecule has 0 fully saturated rings. The minimum atomic E-state index is -5.51. The van der Waals surface area contributed by atoms with Crippen molar-refractivity contribution >= 4 is 27.8 Å². The lowest BCUT2D eigenvalue weighted by molar-refractivity contribution is -0.0429. The van der Waals surface area contributed by atoms with Crippen LogP contribution < -0.4 is 9.46 Å². The quantitative estimate of drug-likeness (QED) is 0.508. The number of carbonyl (C=O) groups is 2. The van der Waals surface area contributed by atoms with E-state index in [1.807, 2.05) is 0 Å². The zero-order chi connectivity index (χ0) is 23.5. The third-order valence-electron chi connectivity index (χ3n) is 4.62. The number of benzene rings is 2. The number of sulfonamides is 1. The van der Waals surface area contributed by atoms with Crippen LogP contribution in [-0.4, -0.2) is 44.0 Å². The third kappa shape index (κ3) is 5.13. The molecule has 12 heteroatoms. The molecule has 0 spiro atoms. The molecule has 172 valence electrons. The van der Waals surface area contributed by atoms with Gasteiger partial charge in [-0.1, -0.05) is 18.2 Å². The predicted octanol–water partition coefficient (Wildman–Crippen LogP) is 3.68. The fourth-order valence-electron chi connectivity index (χ4n) is 3.14. The third-order valence-corrected chi connectivity index (χ3v) is 5.74. The van der Waals surface area contributed by atoms with Gasteiger partial charge in [-0.05, 0) is 43.2 Å². The summed E-state index contributed by atoms with van der Waals surface area (Å²) < 4.78 is 71.2. The zero-order valence-corrected chi connectivity index (χ0v) is 17.6. The van der Waals surface area contributed by atoms with E-state index in [4.69, 9.17) is 9.47 Å². The second-order valence-corrected chi connectivity index (χ2v) is 8.47. The first kappa shape index (κ1) is 23.4. The lowest BCUT2D eigenvalue weighted by Gasteiger charge is -2.29. The highest BCUT2D eigenvalue weighted by atomic mass is 32.2. The molecular weight excluding hydrogens is 453 g/mol. The molecule has 8 nitrogen and oxygen atoms in total. The summed E-state index contributed by atoms with van der Waals surface area (Å²) in [6.07, 6.45) is -0.447. The van der Waals surface area contributed by atoms with Crippen molar-refractivity contribution in [2.75, 3.05) is 17.9 Å². The molecule has 0 radical (unpaired) electrons. The lowest BCUT2D eigenvalue weighted by Crippen LogP contribution is -2.37. The summed E-state index contributed by atoms with van der Waals surface area (Å²) in [6.45, 7) is 2.27. The van der Waals surface area contributed by atoms with Gasteiger partial charge in [0, 0.05) is 29.9 Å². The van der Waals surface area contributed by atoms with E-state index in [-0.39, 0.29) is 30.5 Å². The molecule has 0 bridgehead atoms. The summed E-state index contributed by atoms with van der Waals surface area (Å²) >= 11 is 0. The number of ether oxygens (including phenoxy) is 2. The van der Waals surface area contributed by atoms with Crippen LogP contribution >= 0.6 is 0 Å². The number of anilines is 1. The molecule has 1 aliphatic heterocycles. The number of amides is 1. The Morgan fingerprint density at radius 3 is 2.47 bits per heavy atom. The zero-order valence-electron chi connectivity index (χ0n) is 16.8. The van der Waals surface area contributed by atoms with E-state index in [0.29, 0.717) is 29.7 Å². The molecule has 1 heterocycles. The molecule has 2 aromatic carbocycles. The van der Waals surface area contributed by atoms with Gasteiger partial charge in [0.1, 0.15) is 5.75 Å². The van der Waals surface area contributed by atoms with Crippen molar-refractivity contribution in [2.45, 2.75) is 25.4 Å². The second kappa shape index (κ2) is 9.07. The van der Waals surface area contributed by atoms with Gasteiger partial charge in [0.05, 0.1) is 6.61 Å². The van der Waals surface area contributed by atoms with Crippen LogP contribution in [0.15, 0.2) is 42.5 Å². The lowest BCUT2D eigenvalue weighted by atomic mass is 9.97. The van der Waals surface area contributed by atoms with Gasteiger partial charge in [0.2, 0.25) is 0 Å². The van der Waals surface area contributed by atoms with Gasteiger partial charge in [-0.3, -0.25) is 9.52 Å². The molecule has 0 unspecified atom stereocenters. The van der Waals surface area contributed by atoms with Crippen molar-refractivity contribution < 1.29 is 40.7 Å². The molecular formula is C20H19F3N2O6S. The van der Waals surface area contributed by atoms with Crippen LogP contribution in [0, 0.1) is 0 Å². The first-order chi connectivity index (χ1) is 15.0. The molecule has 0 aliphatic carbocycles. The minimum absolute atomic E-state index is 0.150. The van der Waals surface area contributed by atoms with Crippen LogP contribution in [0.25, 0.3) is 0 Å². The van der Waals surface area contributed by atoms with E-state index in [0.717, 1.165) is 0 Å². The number of nitrogens with one attached hydrogen (secondary N) is 1. The van der Waals surface area contributed by atoms with Crippen molar-refractivity contribution in [2.24, 2.45) is 0 Å². The number of nitrogens with zero attached hydrogens (tertiary/aromatic N) is 1. The number of rotatable bonds is 6. The maximum absolute atomic E-state index is 12.9. The number of alkyl halides is 3. The van der Waals surface area contributed by atoms with E-state index in [2.05, 4.69) is 0 Å². The Hall–Kier alpha value is -3.28. The van der Waals surface area contributed by atoms with E-state index in [9.17, 15) is 31.2 Å². The van der Waals surface area contributed by atoms with Crippen molar-refractivity contribution in [1.82, 2.24) is 4.90 Å². The molecule has 0 atom stereocenters. The van der Waals surface area contributed by atoms with Gasteiger partial charge in [-0.25, -0.2) is 4.79 Å². The summed E-state index contributed by atoms with van der Waals surface area (Å²) in [7, 11) is -5.51. The molecule has 3 rings (SSSR count). The Kier molecular flexibility index (Phi) is 6.63. The van der Waals surface area contributed by atoms with Gasteiger partial charge < -0.3 is 14.4 Å². The van der Waals surface area contributed by atoms with Crippen LogP contribution in [0.3, 0.4) is 0 Å². The number of halogens is 3. The molecule has 0 aromatic heterocycles. The molecule has 2 aromatic rings. The SMILES string of the molecule is CCOC(=O)Oc1cccc2c1CCN(Cc1ccc(NS(=O)(=O)C(F)(F)F)cc1)C2=O. The standard InChI is InChI=1S/C20H19F3N2O6S/c1-2-30-19(27)31-17-5-3-4-16-15(17)10-11-25(18(16)26)12-13-6-8-14(9-7-13)24-32(28,29)20(21,22)23/h3-9,24H,2,10-12H2,1H3. The van der Waals surface area contributed by atoms with Crippen molar-refractivity contribution in [1.29, 1.82) is 0 Å². The van der Waals surface area contributed by atoms with Crippen LogP contribution in [0.2, 0.25) is 0 Å². The summed E-state index contributed by atoms with van der Waals surface area (Å²) in [4.78, 5) is 26.0. The van der Waals surface area contributed by atoms with Gasteiger partial charge in [-0.2, -0.15) is 21.6 Å². The Bertz CT molecular complexity index is 1120. The number of carbonyl (C=O) groups excluding carboxylic acids is 2. The van der Waals surface area contributed by atoms with Crippen molar-refractivity contribution in [3.8, 4) is 5.75 Å². The van der Waals surface area contributed by atoms with E-state index in [1.165, 1.54) is 33.9 Å². The predicted molar refractivity (Wildman–Crippen MR) is 108 cm³/mol. The maximum Gasteiger partial charge on any atom is 0.516 e. The highest BCUT2D eigenvalue weighted by Gasteiger charge is 2.46. The summed E-state index contributed by atoms with van der Waals surface area (Å²) in [5, 5.41) is 0. The largest absolute Gasteiger partial charge is 0.516 e. The number of fused-ring (bicyclic) bond motifs is 1. The topological polar surface area (TPSA) is 102 Å². The Morgan fingerprint density at radius 1 is 1.16 bits per heavy atom. The maximum atomic E-state index is 12.9. The van der Waals surface area contributed by atoms with Crippen LogP contribution in [-0.2, 0) is 27.7 Å². The normalized spacial score (nSPS) is 14.0. The first-order valence-electron chi connectivity index (χ1n) is 9.45. The Morgan fingerprint density at radius 2 is 1.84 bits per heavy atom. The summed E-state index contributed by atoms with van der Waals surface area (Å²) in [6, 6.07) is 9.99. The molecule has 0 saturated carbocycles. The number of hydrogen-bond donors (Lipinski definition) is 1. The molecule has 1 amide bonds. The molecule has 0 saturated heterocycles. The fourth-order valence-corrected chi connectivity index (χ4v) is 3.70. The Balaban J connectivity index is 1.71. The van der Waals surface area contributed by atoms with E-state index >= 15 is 0 Å². The van der Waals surface area contributed by atoms with Crippen molar-refractivity contribution in [3.05, 3.63) is 59.2 Å².